The number of benzene rings is 1. The molecule has 1 amide bonds. The fraction of sp³-hybridized carbons (Fsp3) is 0.294. The van der Waals surface area contributed by atoms with Crippen LogP contribution in [0.15, 0.2) is 30.3 Å². The number of aromatic nitrogens is 2. The number of esters is 1. The molecule has 0 aliphatic heterocycles. The van der Waals surface area contributed by atoms with Crippen molar-refractivity contribution in [3.05, 3.63) is 47.3 Å². The SMILES string of the molecule is CCOC(=O)CNC(=O)C(=O)c1c(C)nn(-c2ccccc2)c1C. The van der Waals surface area contributed by atoms with E-state index in [4.69, 9.17) is 4.74 Å². The molecule has 0 spiro atoms. The average Bonchev–Trinajstić information content (AvgIpc) is 2.87. The van der Waals surface area contributed by atoms with Crippen LogP contribution in [0.4, 0.5) is 0 Å². The van der Waals surface area contributed by atoms with Gasteiger partial charge < -0.3 is 10.1 Å². The molecule has 0 radical (unpaired) electrons. The van der Waals surface area contributed by atoms with Crippen LogP contribution < -0.4 is 5.32 Å². The molecule has 7 nitrogen and oxygen atoms in total. The first-order valence-electron chi connectivity index (χ1n) is 7.55. The fourth-order valence-electron chi connectivity index (χ4n) is 2.35. The monoisotopic (exact) mass is 329 g/mol. The van der Waals surface area contributed by atoms with Crippen molar-refractivity contribution in [1.29, 1.82) is 0 Å². The highest BCUT2D eigenvalue weighted by atomic mass is 16.5. The van der Waals surface area contributed by atoms with Gasteiger partial charge in [-0.2, -0.15) is 5.10 Å². The van der Waals surface area contributed by atoms with Crippen LogP contribution in [-0.4, -0.2) is 40.6 Å². The number of ketones is 1. The van der Waals surface area contributed by atoms with Gasteiger partial charge in [0.1, 0.15) is 6.54 Å². The Bertz CT molecular complexity index is 766. The molecule has 0 aliphatic carbocycles. The number of nitrogens with one attached hydrogen (secondary N) is 1. The number of rotatable bonds is 6. The van der Waals surface area contributed by atoms with Crippen molar-refractivity contribution < 1.29 is 19.1 Å². The van der Waals surface area contributed by atoms with Gasteiger partial charge in [0.25, 0.3) is 11.7 Å². The van der Waals surface area contributed by atoms with Crippen LogP contribution in [0.1, 0.15) is 28.7 Å². The summed E-state index contributed by atoms with van der Waals surface area (Å²) in [6.07, 6.45) is 0. The van der Waals surface area contributed by atoms with Gasteiger partial charge in [0.15, 0.2) is 0 Å². The van der Waals surface area contributed by atoms with E-state index in [9.17, 15) is 14.4 Å². The Balaban J connectivity index is 2.20. The Labute approximate surface area is 139 Å². The quantitative estimate of drug-likeness (QED) is 0.491. The smallest absolute Gasteiger partial charge is 0.325 e. The summed E-state index contributed by atoms with van der Waals surface area (Å²) in [5.41, 5.74) is 2.05. The minimum atomic E-state index is -0.859. The largest absolute Gasteiger partial charge is 0.465 e. The lowest BCUT2D eigenvalue weighted by atomic mass is 10.1. The summed E-state index contributed by atoms with van der Waals surface area (Å²) in [6, 6.07) is 9.31. The van der Waals surface area contributed by atoms with Crippen LogP contribution >= 0.6 is 0 Å². The van der Waals surface area contributed by atoms with Gasteiger partial charge in [0, 0.05) is 0 Å². The third kappa shape index (κ3) is 3.68. The summed E-state index contributed by atoms with van der Waals surface area (Å²) in [5, 5.41) is 6.60. The normalized spacial score (nSPS) is 10.3. The molecule has 0 saturated carbocycles. The van der Waals surface area contributed by atoms with E-state index in [0.29, 0.717) is 11.4 Å². The zero-order valence-corrected chi connectivity index (χ0v) is 13.8. The second-order valence-corrected chi connectivity index (χ2v) is 5.11. The second kappa shape index (κ2) is 7.54. The van der Waals surface area contributed by atoms with Gasteiger partial charge in [-0.1, -0.05) is 18.2 Å². The molecule has 0 saturated heterocycles. The molecule has 2 aromatic rings. The molecular weight excluding hydrogens is 310 g/mol. The van der Waals surface area contributed by atoms with E-state index in [1.54, 1.807) is 25.5 Å². The van der Waals surface area contributed by atoms with Gasteiger partial charge in [-0.3, -0.25) is 14.4 Å². The summed E-state index contributed by atoms with van der Waals surface area (Å²) in [5.74, 6) is -2.18. The molecule has 0 bridgehead atoms. The van der Waals surface area contributed by atoms with Crippen molar-refractivity contribution >= 4 is 17.7 Å². The maximum Gasteiger partial charge on any atom is 0.325 e. The van der Waals surface area contributed by atoms with E-state index >= 15 is 0 Å². The maximum absolute atomic E-state index is 12.4. The number of ether oxygens (including phenoxy) is 1. The molecule has 2 rings (SSSR count). The number of Topliss-reactive ketones (excluding diaryl/α,β-unsaturated/α-hetero) is 1. The van der Waals surface area contributed by atoms with Crippen molar-refractivity contribution in [2.45, 2.75) is 20.8 Å². The Morgan fingerprint density at radius 3 is 2.46 bits per heavy atom. The number of amides is 1. The van der Waals surface area contributed by atoms with Crippen molar-refractivity contribution in [3.8, 4) is 5.69 Å². The number of para-hydroxylation sites is 1. The lowest BCUT2D eigenvalue weighted by molar-refractivity contribution is -0.143. The molecule has 1 N–H and O–H groups in total. The van der Waals surface area contributed by atoms with E-state index < -0.39 is 17.7 Å². The van der Waals surface area contributed by atoms with Gasteiger partial charge in [-0.25, -0.2) is 4.68 Å². The van der Waals surface area contributed by atoms with Crippen LogP contribution in [0.25, 0.3) is 5.69 Å². The lowest BCUT2D eigenvalue weighted by Crippen LogP contribution is -2.36. The first-order valence-corrected chi connectivity index (χ1v) is 7.55. The van der Waals surface area contributed by atoms with Crippen LogP contribution in [-0.2, 0) is 14.3 Å². The standard InChI is InChI=1S/C17H19N3O4/c1-4-24-14(21)10-18-17(23)16(22)15-11(2)19-20(12(15)3)13-8-6-5-7-9-13/h5-9H,4,10H2,1-3H3,(H,18,23). The molecule has 1 aromatic carbocycles. The predicted octanol–water partition coefficient (Wildman–Crippen LogP) is 1.35. The van der Waals surface area contributed by atoms with Crippen molar-refractivity contribution in [2.24, 2.45) is 0 Å². The minimum absolute atomic E-state index is 0.213. The summed E-state index contributed by atoms with van der Waals surface area (Å²) >= 11 is 0. The number of hydrogen-bond acceptors (Lipinski definition) is 5. The Kier molecular flexibility index (Phi) is 5.47. The zero-order valence-electron chi connectivity index (χ0n) is 13.8. The Hall–Kier alpha value is -2.96. The van der Waals surface area contributed by atoms with E-state index in [-0.39, 0.29) is 18.7 Å². The second-order valence-electron chi connectivity index (χ2n) is 5.11. The van der Waals surface area contributed by atoms with Gasteiger partial charge in [0.2, 0.25) is 0 Å². The van der Waals surface area contributed by atoms with Crippen LogP contribution in [0, 0.1) is 13.8 Å². The van der Waals surface area contributed by atoms with E-state index in [1.165, 1.54) is 0 Å². The highest BCUT2D eigenvalue weighted by Gasteiger charge is 2.25. The molecule has 24 heavy (non-hydrogen) atoms. The number of hydrogen-bond donors (Lipinski definition) is 1. The Morgan fingerprint density at radius 2 is 1.83 bits per heavy atom. The summed E-state index contributed by atoms with van der Waals surface area (Å²) in [7, 11) is 0. The molecular formula is C17H19N3O4. The van der Waals surface area contributed by atoms with E-state index in [1.807, 2.05) is 30.3 Å². The van der Waals surface area contributed by atoms with Crippen LogP contribution in [0.2, 0.25) is 0 Å². The highest BCUT2D eigenvalue weighted by molar-refractivity contribution is 6.43. The van der Waals surface area contributed by atoms with Crippen LogP contribution in [0.5, 0.6) is 0 Å². The molecule has 0 fully saturated rings. The zero-order chi connectivity index (χ0) is 17.7. The third-order valence-electron chi connectivity index (χ3n) is 3.42. The number of aryl methyl sites for hydroxylation is 1. The maximum atomic E-state index is 12.4. The van der Waals surface area contributed by atoms with E-state index in [0.717, 1.165) is 5.69 Å². The third-order valence-corrected chi connectivity index (χ3v) is 3.42. The van der Waals surface area contributed by atoms with Gasteiger partial charge >= 0.3 is 5.97 Å². The topological polar surface area (TPSA) is 90.3 Å². The van der Waals surface area contributed by atoms with Gasteiger partial charge in [0.05, 0.1) is 29.2 Å². The fourth-order valence-corrected chi connectivity index (χ4v) is 2.35. The van der Waals surface area contributed by atoms with E-state index in [2.05, 4.69) is 10.4 Å². The first-order chi connectivity index (χ1) is 11.5. The number of nitrogens with zero attached hydrogens (tertiary/aromatic N) is 2. The molecule has 7 heteroatoms. The molecule has 0 aliphatic rings. The average molecular weight is 329 g/mol. The van der Waals surface area contributed by atoms with Crippen molar-refractivity contribution in [1.82, 2.24) is 15.1 Å². The summed E-state index contributed by atoms with van der Waals surface area (Å²) < 4.78 is 6.32. The van der Waals surface area contributed by atoms with Gasteiger partial charge in [-0.05, 0) is 32.9 Å². The Morgan fingerprint density at radius 1 is 1.17 bits per heavy atom. The lowest BCUT2D eigenvalue weighted by Gasteiger charge is -2.06. The minimum Gasteiger partial charge on any atom is -0.465 e. The number of carbonyl (C=O) groups is 3. The molecule has 126 valence electrons. The van der Waals surface area contributed by atoms with Gasteiger partial charge in [-0.15, -0.1) is 0 Å². The molecule has 1 aromatic heterocycles. The summed E-state index contributed by atoms with van der Waals surface area (Å²) in [6.45, 7) is 4.92. The highest BCUT2D eigenvalue weighted by Crippen LogP contribution is 2.18. The number of carbonyl (C=O) groups excluding carboxylic acids is 3. The first kappa shape index (κ1) is 17.4. The predicted molar refractivity (Wildman–Crippen MR) is 87.0 cm³/mol. The molecule has 1 heterocycles. The molecule has 0 unspecified atom stereocenters. The van der Waals surface area contributed by atoms with Crippen molar-refractivity contribution in [2.75, 3.05) is 13.2 Å². The van der Waals surface area contributed by atoms with Crippen molar-refractivity contribution in [3.63, 3.8) is 0 Å². The molecule has 0 atom stereocenters. The summed E-state index contributed by atoms with van der Waals surface area (Å²) in [4.78, 5) is 35.6. The van der Waals surface area contributed by atoms with Crippen LogP contribution in [0.3, 0.4) is 0 Å².